The third-order valence-electron chi connectivity index (χ3n) is 2.84. The van der Waals surface area contributed by atoms with Crippen LogP contribution in [0.3, 0.4) is 0 Å². The molecular weight excluding hydrogens is 240 g/mol. The van der Waals surface area contributed by atoms with Crippen LogP contribution < -0.4 is 11.1 Å². The molecule has 1 heterocycles. The molecule has 0 fully saturated rings. The second-order valence-corrected chi connectivity index (χ2v) is 4.45. The van der Waals surface area contributed by atoms with Gasteiger partial charge in [0.2, 0.25) is 0 Å². The molecular formula is C14H16N4O. The van der Waals surface area contributed by atoms with E-state index in [2.05, 4.69) is 15.5 Å². The van der Waals surface area contributed by atoms with Gasteiger partial charge in [0, 0.05) is 0 Å². The van der Waals surface area contributed by atoms with E-state index in [9.17, 15) is 4.79 Å². The normalized spacial score (nSPS) is 11.9. The van der Waals surface area contributed by atoms with Crippen LogP contribution in [0.25, 0.3) is 0 Å². The van der Waals surface area contributed by atoms with Crippen molar-refractivity contribution in [1.29, 1.82) is 0 Å². The molecule has 1 atom stereocenters. The third-order valence-corrected chi connectivity index (χ3v) is 2.84. The van der Waals surface area contributed by atoms with Crippen LogP contribution in [0.2, 0.25) is 0 Å². The van der Waals surface area contributed by atoms with Gasteiger partial charge in [-0.15, -0.1) is 10.2 Å². The summed E-state index contributed by atoms with van der Waals surface area (Å²) in [5.74, 6) is 0.0312. The summed E-state index contributed by atoms with van der Waals surface area (Å²) in [7, 11) is 0. The number of aromatic nitrogens is 2. The van der Waals surface area contributed by atoms with E-state index in [-0.39, 0.29) is 17.6 Å². The summed E-state index contributed by atoms with van der Waals surface area (Å²) in [4.78, 5) is 12.0. The minimum absolute atomic E-state index is 0.0903. The molecule has 0 aliphatic rings. The molecule has 2 rings (SSSR count). The first-order valence-electron chi connectivity index (χ1n) is 6.03. The zero-order valence-electron chi connectivity index (χ0n) is 10.9. The minimum atomic E-state index is -0.263. The van der Waals surface area contributed by atoms with E-state index in [1.807, 2.05) is 38.1 Å². The summed E-state index contributed by atoms with van der Waals surface area (Å²) < 4.78 is 0. The summed E-state index contributed by atoms with van der Waals surface area (Å²) in [5.41, 5.74) is 7.92. The van der Waals surface area contributed by atoms with E-state index < -0.39 is 0 Å². The fourth-order valence-corrected chi connectivity index (χ4v) is 1.67. The molecule has 1 aromatic carbocycles. The highest BCUT2D eigenvalue weighted by Gasteiger charge is 2.12. The lowest BCUT2D eigenvalue weighted by Gasteiger charge is -2.14. The number of amides is 1. The first-order valence-corrected chi connectivity index (χ1v) is 6.03. The van der Waals surface area contributed by atoms with Crippen molar-refractivity contribution in [3.05, 3.63) is 53.2 Å². The molecule has 0 saturated heterocycles. The number of anilines is 1. The standard InChI is InChI=1S/C14H16N4O/c1-9-3-5-11(6-4-9)10(2)16-14(19)12-7-8-13(15)18-17-12/h3-8,10H,1-2H3,(H2,15,18)(H,16,19). The summed E-state index contributed by atoms with van der Waals surface area (Å²) in [6, 6.07) is 11.0. The van der Waals surface area contributed by atoms with Crippen molar-refractivity contribution in [2.75, 3.05) is 5.73 Å². The fraction of sp³-hybridized carbons (Fsp3) is 0.214. The van der Waals surface area contributed by atoms with E-state index in [4.69, 9.17) is 5.73 Å². The number of carbonyl (C=O) groups is 1. The maximum atomic E-state index is 12.0. The van der Waals surface area contributed by atoms with Crippen LogP contribution in [-0.2, 0) is 0 Å². The average molecular weight is 256 g/mol. The molecule has 0 aliphatic carbocycles. The summed E-state index contributed by atoms with van der Waals surface area (Å²) >= 11 is 0. The van der Waals surface area contributed by atoms with Crippen LogP contribution in [0.15, 0.2) is 36.4 Å². The van der Waals surface area contributed by atoms with Crippen molar-refractivity contribution in [3.63, 3.8) is 0 Å². The summed E-state index contributed by atoms with van der Waals surface area (Å²) in [5, 5.41) is 10.3. The number of nitrogens with one attached hydrogen (secondary N) is 1. The van der Waals surface area contributed by atoms with Crippen molar-refractivity contribution in [2.24, 2.45) is 0 Å². The van der Waals surface area contributed by atoms with E-state index in [0.717, 1.165) is 5.56 Å². The molecule has 0 spiro atoms. The maximum Gasteiger partial charge on any atom is 0.272 e. The molecule has 5 heteroatoms. The van der Waals surface area contributed by atoms with Gasteiger partial charge in [0.15, 0.2) is 5.69 Å². The van der Waals surface area contributed by atoms with Gasteiger partial charge in [0.05, 0.1) is 6.04 Å². The number of nitrogens with two attached hydrogens (primary N) is 1. The molecule has 0 aliphatic heterocycles. The van der Waals surface area contributed by atoms with Gasteiger partial charge in [0.25, 0.3) is 5.91 Å². The van der Waals surface area contributed by atoms with Crippen molar-refractivity contribution in [2.45, 2.75) is 19.9 Å². The van der Waals surface area contributed by atoms with Gasteiger partial charge < -0.3 is 11.1 Å². The van der Waals surface area contributed by atoms with Crippen LogP contribution in [-0.4, -0.2) is 16.1 Å². The third kappa shape index (κ3) is 3.28. The first kappa shape index (κ1) is 13.0. The Labute approximate surface area is 111 Å². The molecule has 19 heavy (non-hydrogen) atoms. The van der Waals surface area contributed by atoms with Crippen LogP contribution >= 0.6 is 0 Å². The van der Waals surface area contributed by atoms with E-state index in [1.54, 1.807) is 12.1 Å². The number of rotatable bonds is 3. The topological polar surface area (TPSA) is 80.9 Å². The van der Waals surface area contributed by atoms with E-state index >= 15 is 0 Å². The van der Waals surface area contributed by atoms with Gasteiger partial charge >= 0.3 is 0 Å². The molecule has 1 aromatic heterocycles. The molecule has 0 radical (unpaired) electrons. The molecule has 0 saturated carbocycles. The molecule has 3 N–H and O–H groups in total. The van der Waals surface area contributed by atoms with Gasteiger partial charge in [-0.1, -0.05) is 29.8 Å². The van der Waals surface area contributed by atoms with Crippen molar-refractivity contribution < 1.29 is 4.79 Å². The number of aryl methyl sites for hydroxylation is 1. The molecule has 98 valence electrons. The van der Waals surface area contributed by atoms with E-state index in [0.29, 0.717) is 5.82 Å². The van der Waals surface area contributed by atoms with Gasteiger partial charge in [0.1, 0.15) is 5.82 Å². The van der Waals surface area contributed by atoms with Crippen molar-refractivity contribution >= 4 is 11.7 Å². The van der Waals surface area contributed by atoms with E-state index in [1.165, 1.54) is 5.56 Å². The summed E-state index contributed by atoms with van der Waals surface area (Å²) in [6.45, 7) is 3.95. The second-order valence-electron chi connectivity index (χ2n) is 4.45. The zero-order valence-corrected chi connectivity index (χ0v) is 10.9. The monoisotopic (exact) mass is 256 g/mol. The number of hydrogen-bond acceptors (Lipinski definition) is 4. The molecule has 2 aromatic rings. The van der Waals surface area contributed by atoms with Crippen LogP contribution in [0.1, 0.15) is 34.6 Å². The molecule has 1 amide bonds. The Bertz CT molecular complexity index is 563. The first-order chi connectivity index (χ1) is 9.06. The lowest BCUT2D eigenvalue weighted by atomic mass is 10.1. The Balaban J connectivity index is 2.06. The Morgan fingerprint density at radius 1 is 1.16 bits per heavy atom. The fourth-order valence-electron chi connectivity index (χ4n) is 1.67. The average Bonchev–Trinajstić information content (AvgIpc) is 2.40. The minimum Gasteiger partial charge on any atom is -0.382 e. The van der Waals surface area contributed by atoms with Crippen molar-refractivity contribution in [1.82, 2.24) is 15.5 Å². The van der Waals surface area contributed by atoms with Crippen molar-refractivity contribution in [3.8, 4) is 0 Å². The predicted molar refractivity (Wildman–Crippen MR) is 73.5 cm³/mol. The van der Waals surface area contributed by atoms with Gasteiger partial charge in [-0.2, -0.15) is 0 Å². The Kier molecular flexibility index (Phi) is 3.75. The number of carbonyl (C=O) groups excluding carboxylic acids is 1. The lowest BCUT2D eigenvalue weighted by Crippen LogP contribution is -2.27. The Morgan fingerprint density at radius 3 is 2.42 bits per heavy atom. The lowest BCUT2D eigenvalue weighted by molar-refractivity contribution is 0.0934. The Hall–Kier alpha value is -2.43. The highest BCUT2D eigenvalue weighted by molar-refractivity contribution is 5.92. The molecule has 1 unspecified atom stereocenters. The summed E-state index contributed by atoms with van der Waals surface area (Å²) in [6.07, 6.45) is 0. The highest BCUT2D eigenvalue weighted by atomic mass is 16.2. The predicted octanol–water partition coefficient (Wildman–Crippen LogP) is 1.86. The van der Waals surface area contributed by atoms with Crippen LogP contribution in [0.5, 0.6) is 0 Å². The number of nitrogen functional groups attached to an aromatic ring is 1. The quantitative estimate of drug-likeness (QED) is 0.878. The Morgan fingerprint density at radius 2 is 1.84 bits per heavy atom. The van der Waals surface area contributed by atoms with Gasteiger partial charge in [-0.25, -0.2) is 0 Å². The van der Waals surface area contributed by atoms with Crippen LogP contribution in [0.4, 0.5) is 5.82 Å². The maximum absolute atomic E-state index is 12.0. The smallest absolute Gasteiger partial charge is 0.272 e. The highest BCUT2D eigenvalue weighted by Crippen LogP contribution is 2.13. The van der Waals surface area contributed by atoms with Gasteiger partial charge in [-0.3, -0.25) is 4.79 Å². The molecule has 5 nitrogen and oxygen atoms in total. The second kappa shape index (κ2) is 5.48. The zero-order chi connectivity index (χ0) is 13.8. The number of hydrogen-bond donors (Lipinski definition) is 2. The number of nitrogens with zero attached hydrogens (tertiary/aromatic N) is 2. The van der Waals surface area contributed by atoms with Gasteiger partial charge in [-0.05, 0) is 31.5 Å². The SMILES string of the molecule is Cc1ccc(C(C)NC(=O)c2ccc(N)nn2)cc1. The largest absolute Gasteiger partial charge is 0.382 e. The number of benzene rings is 1. The molecule has 0 bridgehead atoms. The van der Waals surface area contributed by atoms with Crippen LogP contribution in [0, 0.1) is 6.92 Å².